The number of halogens is 5. The summed E-state index contributed by atoms with van der Waals surface area (Å²) in [5, 5.41) is 0. The molecule has 0 spiro atoms. The smallest absolute Gasteiger partial charge is 0.387 e. The molecule has 0 radical (unpaired) electrons. The summed E-state index contributed by atoms with van der Waals surface area (Å²) in [7, 11) is 1.39. The Balaban J connectivity index is 2.06. The van der Waals surface area contributed by atoms with Gasteiger partial charge in [-0.1, -0.05) is 18.2 Å². The summed E-state index contributed by atoms with van der Waals surface area (Å²) in [5.41, 5.74) is 4.49. The van der Waals surface area contributed by atoms with Crippen LogP contribution in [0.25, 0.3) is 0 Å². The predicted octanol–water partition coefficient (Wildman–Crippen LogP) is 3.49. The number of hydrogen-bond donors (Lipinski definition) is 1. The molecule has 0 aromatic heterocycles. The van der Waals surface area contributed by atoms with Crippen molar-refractivity contribution in [2.45, 2.75) is 25.0 Å². The Morgan fingerprint density at radius 2 is 1.74 bits per heavy atom. The van der Waals surface area contributed by atoms with Crippen molar-refractivity contribution in [1.82, 2.24) is 4.90 Å². The molecule has 0 bridgehead atoms. The molecule has 1 heterocycles. The van der Waals surface area contributed by atoms with E-state index in [9.17, 15) is 26.7 Å². The number of amides is 1. The quantitative estimate of drug-likeness (QED) is 0.634. The van der Waals surface area contributed by atoms with Crippen LogP contribution in [-0.2, 0) is 10.3 Å². The number of ether oxygens (including phenoxy) is 2. The van der Waals surface area contributed by atoms with Crippen LogP contribution >= 0.6 is 0 Å². The van der Waals surface area contributed by atoms with E-state index in [0.717, 1.165) is 11.0 Å². The molecule has 0 saturated carbocycles. The molecular weight excluding hydrogens is 425 g/mol. The SMILES string of the molecule is CN1C(=O)[C@](c2ccc(OC(F)F)cc2)(c2ccc(F)c(OCCC(F)F)c2)N=C1N. The molecule has 31 heavy (non-hydrogen) atoms. The van der Waals surface area contributed by atoms with Gasteiger partial charge in [0.05, 0.1) is 6.61 Å². The van der Waals surface area contributed by atoms with Crippen LogP contribution in [0.1, 0.15) is 17.5 Å². The first-order valence-corrected chi connectivity index (χ1v) is 9.05. The Hall–Kier alpha value is -3.37. The zero-order valence-electron chi connectivity index (χ0n) is 16.2. The van der Waals surface area contributed by atoms with E-state index in [0.29, 0.717) is 0 Å². The van der Waals surface area contributed by atoms with Crippen molar-refractivity contribution in [2.75, 3.05) is 13.7 Å². The highest BCUT2D eigenvalue weighted by Gasteiger charge is 2.49. The number of aliphatic imine (C=N–C) groups is 1. The fourth-order valence-electron chi connectivity index (χ4n) is 3.16. The van der Waals surface area contributed by atoms with E-state index in [4.69, 9.17) is 10.5 Å². The summed E-state index contributed by atoms with van der Waals surface area (Å²) in [6.45, 7) is -3.47. The third-order valence-corrected chi connectivity index (χ3v) is 4.68. The van der Waals surface area contributed by atoms with Crippen LogP contribution in [0.5, 0.6) is 11.5 Å². The molecule has 1 aliphatic rings. The molecule has 6 nitrogen and oxygen atoms in total. The van der Waals surface area contributed by atoms with Crippen molar-refractivity contribution in [3.63, 3.8) is 0 Å². The first kappa shape index (κ1) is 22.3. The summed E-state index contributed by atoms with van der Waals surface area (Å²) in [6.07, 6.45) is -3.23. The second-order valence-electron chi connectivity index (χ2n) is 6.62. The Labute approximate surface area is 174 Å². The Kier molecular flexibility index (Phi) is 6.32. The number of likely N-dealkylation sites (N-methyl/N-ethyl adjacent to an activating group) is 1. The van der Waals surface area contributed by atoms with Crippen LogP contribution in [0.2, 0.25) is 0 Å². The van der Waals surface area contributed by atoms with Crippen molar-refractivity contribution in [3.05, 3.63) is 59.4 Å². The van der Waals surface area contributed by atoms with E-state index in [1.165, 1.54) is 43.4 Å². The fourth-order valence-corrected chi connectivity index (χ4v) is 3.16. The van der Waals surface area contributed by atoms with Gasteiger partial charge in [-0.2, -0.15) is 8.78 Å². The molecule has 2 aromatic rings. The standard InChI is InChI=1S/C20H18F5N3O3/c1-28-17(29)20(27-19(28)26,11-2-5-13(6-3-11)31-18(24)25)12-4-7-14(21)15(10-12)30-9-8-16(22)23/h2-7,10,16,18H,8-9H2,1H3,(H2,26,27)/t20-/m0/s1. The average Bonchev–Trinajstić information content (AvgIpc) is 2.94. The van der Waals surface area contributed by atoms with Crippen molar-refractivity contribution < 1.29 is 36.2 Å². The molecule has 2 aromatic carbocycles. The van der Waals surface area contributed by atoms with Gasteiger partial charge >= 0.3 is 6.61 Å². The third-order valence-electron chi connectivity index (χ3n) is 4.68. The molecule has 0 aliphatic carbocycles. The maximum Gasteiger partial charge on any atom is 0.387 e. The summed E-state index contributed by atoms with van der Waals surface area (Å²) >= 11 is 0. The van der Waals surface area contributed by atoms with Gasteiger partial charge in [-0.3, -0.25) is 9.69 Å². The summed E-state index contributed by atoms with van der Waals surface area (Å²) in [4.78, 5) is 18.5. The number of nitrogens with zero attached hydrogens (tertiary/aromatic N) is 2. The lowest BCUT2D eigenvalue weighted by atomic mass is 9.82. The molecule has 1 aliphatic heterocycles. The molecule has 0 saturated heterocycles. The lowest BCUT2D eigenvalue weighted by molar-refractivity contribution is -0.129. The highest BCUT2D eigenvalue weighted by molar-refractivity contribution is 6.08. The fraction of sp³-hybridized carbons (Fsp3) is 0.300. The van der Waals surface area contributed by atoms with Gasteiger partial charge < -0.3 is 15.2 Å². The van der Waals surface area contributed by atoms with Crippen LogP contribution in [0.4, 0.5) is 22.0 Å². The second-order valence-corrected chi connectivity index (χ2v) is 6.62. The number of guanidine groups is 1. The molecule has 0 unspecified atom stereocenters. The van der Waals surface area contributed by atoms with Crippen LogP contribution < -0.4 is 15.2 Å². The first-order chi connectivity index (χ1) is 14.6. The highest BCUT2D eigenvalue weighted by Crippen LogP contribution is 2.41. The third kappa shape index (κ3) is 4.39. The van der Waals surface area contributed by atoms with Crippen molar-refractivity contribution in [3.8, 4) is 11.5 Å². The Morgan fingerprint density at radius 1 is 1.10 bits per heavy atom. The van der Waals surface area contributed by atoms with Gasteiger partial charge in [0.25, 0.3) is 5.91 Å². The molecular formula is C20H18F5N3O3. The zero-order chi connectivity index (χ0) is 22.8. The number of carbonyl (C=O) groups is 1. The zero-order valence-corrected chi connectivity index (χ0v) is 16.2. The van der Waals surface area contributed by atoms with Gasteiger partial charge in [-0.15, -0.1) is 0 Å². The Morgan fingerprint density at radius 3 is 2.29 bits per heavy atom. The lowest BCUT2D eigenvalue weighted by Crippen LogP contribution is -2.41. The van der Waals surface area contributed by atoms with Crippen molar-refractivity contribution in [2.24, 2.45) is 10.7 Å². The van der Waals surface area contributed by atoms with Crippen LogP contribution in [-0.4, -0.2) is 43.5 Å². The van der Waals surface area contributed by atoms with Crippen LogP contribution in [0, 0.1) is 5.82 Å². The number of benzene rings is 2. The van der Waals surface area contributed by atoms with E-state index < -0.39 is 43.3 Å². The number of alkyl halides is 4. The monoisotopic (exact) mass is 443 g/mol. The minimum atomic E-state index is -3.03. The van der Waals surface area contributed by atoms with E-state index in [-0.39, 0.29) is 28.6 Å². The Bertz CT molecular complexity index is 985. The molecule has 0 fully saturated rings. The van der Waals surface area contributed by atoms with Crippen LogP contribution in [0.15, 0.2) is 47.5 Å². The van der Waals surface area contributed by atoms with Crippen LogP contribution in [0.3, 0.4) is 0 Å². The molecule has 1 amide bonds. The van der Waals surface area contributed by atoms with E-state index in [1.54, 1.807) is 0 Å². The highest BCUT2D eigenvalue weighted by atomic mass is 19.3. The molecule has 2 N–H and O–H groups in total. The molecule has 3 rings (SSSR count). The van der Waals surface area contributed by atoms with E-state index in [2.05, 4.69) is 9.73 Å². The van der Waals surface area contributed by atoms with Crippen molar-refractivity contribution >= 4 is 11.9 Å². The van der Waals surface area contributed by atoms with Gasteiger partial charge in [0.15, 0.2) is 23.1 Å². The summed E-state index contributed by atoms with van der Waals surface area (Å²) < 4.78 is 73.3. The van der Waals surface area contributed by atoms with E-state index in [1.807, 2.05) is 0 Å². The van der Waals surface area contributed by atoms with Gasteiger partial charge in [-0.05, 0) is 35.4 Å². The minimum absolute atomic E-state index is 0.123. The summed E-state index contributed by atoms with van der Waals surface area (Å²) in [5.74, 6) is -2.00. The number of hydrogen-bond acceptors (Lipinski definition) is 5. The average molecular weight is 443 g/mol. The summed E-state index contributed by atoms with van der Waals surface area (Å²) in [6, 6.07) is 8.64. The minimum Gasteiger partial charge on any atom is -0.490 e. The predicted molar refractivity (Wildman–Crippen MR) is 101 cm³/mol. The maximum atomic E-state index is 14.2. The molecule has 166 valence electrons. The second kappa shape index (κ2) is 8.78. The topological polar surface area (TPSA) is 77.2 Å². The normalized spacial score (nSPS) is 18.6. The van der Waals surface area contributed by atoms with E-state index >= 15 is 0 Å². The molecule has 1 atom stereocenters. The first-order valence-electron chi connectivity index (χ1n) is 9.05. The maximum absolute atomic E-state index is 14.2. The largest absolute Gasteiger partial charge is 0.490 e. The van der Waals surface area contributed by atoms with Gasteiger partial charge in [-0.25, -0.2) is 18.2 Å². The van der Waals surface area contributed by atoms with Crippen molar-refractivity contribution in [1.29, 1.82) is 0 Å². The van der Waals surface area contributed by atoms with Gasteiger partial charge in [0.1, 0.15) is 5.75 Å². The van der Waals surface area contributed by atoms with Gasteiger partial charge in [0, 0.05) is 13.5 Å². The number of rotatable bonds is 8. The number of carbonyl (C=O) groups excluding carboxylic acids is 1. The number of nitrogens with two attached hydrogens (primary N) is 1. The molecule has 11 heteroatoms. The lowest BCUT2D eigenvalue weighted by Gasteiger charge is -2.26. The van der Waals surface area contributed by atoms with Gasteiger partial charge in [0.2, 0.25) is 6.43 Å².